The van der Waals surface area contributed by atoms with E-state index in [0.29, 0.717) is 41.8 Å². The standard InChI is InChI=1S/C27H30FN5O5/c1-27(2,3)38-26(36)32-12-13-33(19(15-32)16-34)23-14-22(24(29)35)30-25(31-23)17-4-8-20(9-5-17)37-21-10-6-18(28)7-11-21/h4-11,14,19,34H,12-13,15-16H2,1-3H3,(H2,29,35)/p+1. The molecule has 1 unspecified atom stereocenters. The number of piperazine rings is 1. The molecule has 2 amide bonds. The van der Waals surface area contributed by atoms with Gasteiger partial charge in [-0.1, -0.05) is 4.98 Å². The Morgan fingerprint density at radius 3 is 2.32 bits per heavy atom. The number of nitrogens with one attached hydrogen (secondary N) is 1. The largest absolute Gasteiger partial charge is 0.457 e. The number of carbonyl (C=O) groups excluding carboxylic acids is 2. The number of carbonyl (C=O) groups is 2. The number of amides is 2. The third-order valence-electron chi connectivity index (χ3n) is 5.84. The van der Waals surface area contributed by atoms with E-state index < -0.39 is 23.6 Å². The van der Waals surface area contributed by atoms with E-state index in [9.17, 15) is 19.1 Å². The molecule has 0 radical (unpaired) electrons. The fourth-order valence-corrected chi connectivity index (χ4v) is 4.03. The van der Waals surface area contributed by atoms with Gasteiger partial charge in [0.05, 0.1) is 37.9 Å². The molecule has 1 aliphatic rings. The molecular weight excluding hydrogens is 493 g/mol. The maximum absolute atomic E-state index is 13.1. The molecule has 1 aliphatic heterocycles. The number of hydrogen-bond acceptors (Lipinski definition) is 7. The van der Waals surface area contributed by atoms with E-state index in [1.54, 1.807) is 49.9 Å². The monoisotopic (exact) mass is 524 g/mol. The van der Waals surface area contributed by atoms with Crippen molar-refractivity contribution in [2.45, 2.75) is 32.4 Å². The van der Waals surface area contributed by atoms with Crippen molar-refractivity contribution in [2.75, 3.05) is 31.1 Å². The van der Waals surface area contributed by atoms with Crippen LogP contribution in [0.25, 0.3) is 11.4 Å². The summed E-state index contributed by atoms with van der Waals surface area (Å²) < 4.78 is 24.4. The minimum absolute atomic E-state index is 0.0478. The van der Waals surface area contributed by atoms with Gasteiger partial charge in [0.25, 0.3) is 11.7 Å². The van der Waals surface area contributed by atoms with Crippen molar-refractivity contribution in [3.63, 3.8) is 0 Å². The van der Waals surface area contributed by atoms with Crippen LogP contribution in [0.5, 0.6) is 11.5 Å². The zero-order chi connectivity index (χ0) is 27.4. The Labute approximate surface area is 219 Å². The van der Waals surface area contributed by atoms with Crippen molar-refractivity contribution >= 4 is 17.8 Å². The van der Waals surface area contributed by atoms with Crippen molar-refractivity contribution in [3.8, 4) is 22.9 Å². The molecule has 0 aliphatic carbocycles. The number of primary amides is 1. The van der Waals surface area contributed by atoms with Crippen LogP contribution in [0.15, 0.2) is 54.6 Å². The first-order valence-corrected chi connectivity index (χ1v) is 12.2. The number of aliphatic hydroxyl groups excluding tert-OH is 1. The van der Waals surface area contributed by atoms with E-state index in [2.05, 4.69) is 9.97 Å². The van der Waals surface area contributed by atoms with E-state index in [0.717, 1.165) is 0 Å². The summed E-state index contributed by atoms with van der Waals surface area (Å²) in [4.78, 5) is 35.7. The maximum Gasteiger partial charge on any atom is 0.410 e. The fourth-order valence-electron chi connectivity index (χ4n) is 4.03. The van der Waals surface area contributed by atoms with Gasteiger partial charge in [-0.15, -0.1) is 0 Å². The summed E-state index contributed by atoms with van der Waals surface area (Å²) in [6.07, 6.45) is -0.448. The van der Waals surface area contributed by atoms with Crippen molar-refractivity contribution in [2.24, 2.45) is 5.73 Å². The van der Waals surface area contributed by atoms with Crippen LogP contribution in [0.4, 0.5) is 15.0 Å². The zero-order valence-electron chi connectivity index (χ0n) is 21.5. The van der Waals surface area contributed by atoms with E-state index >= 15 is 0 Å². The fraction of sp³-hybridized carbons (Fsp3) is 0.333. The van der Waals surface area contributed by atoms with Gasteiger partial charge in [-0.3, -0.25) is 9.69 Å². The van der Waals surface area contributed by atoms with E-state index in [1.165, 1.54) is 30.3 Å². The van der Waals surface area contributed by atoms with E-state index in [-0.39, 0.29) is 24.7 Å². The molecule has 2 aromatic carbocycles. The molecule has 1 fully saturated rings. The number of nitrogens with zero attached hydrogens (tertiary/aromatic N) is 3. The first-order valence-electron chi connectivity index (χ1n) is 12.2. The topological polar surface area (TPSA) is 132 Å². The quantitative estimate of drug-likeness (QED) is 0.507. The van der Waals surface area contributed by atoms with Crippen molar-refractivity contribution in [1.29, 1.82) is 0 Å². The molecule has 1 atom stereocenters. The summed E-state index contributed by atoms with van der Waals surface area (Å²) in [6.45, 7) is 6.14. The van der Waals surface area contributed by atoms with Gasteiger partial charge in [-0.25, -0.2) is 14.2 Å². The second kappa shape index (κ2) is 11.0. The van der Waals surface area contributed by atoms with E-state index in [1.807, 2.05) is 4.90 Å². The first kappa shape index (κ1) is 26.8. The minimum atomic E-state index is -0.703. The van der Waals surface area contributed by atoms with Gasteiger partial charge >= 0.3 is 6.09 Å². The molecule has 2 heterocycles. The van der Waals surface area contributed by atoms with Crippen LogP contribution in [-0.4, -0.2) is 64.9 Å². The number of anilines is 1. The van der Waals surface area contributed by atoms with Crippen LogP contribution in [0.1, 0.15) is 31.3 Å². The number of H-pyrrole nitrogens is 1. The second-order valence-electron chi connectivity index (χ2n) is 9.90. The molecule has 10 nitrogen and oxygen atoms in total. The first-order chi connectivity index (χ1) is 18.0. The number of aliphatic hydroxyl groups is 1. The summed E-state index contributed by atoms with van der Waals surface area (Å²) >= 11 is 0. The van der Waals surface area contributed by atoms with Crippen LogP contribution in [0, 0.1) is 5.82 Å². The van der Waals surface area contributed by atoms with Gasteiger partial charge in [0.1, 0.15) is 29.0 Å². The summed E-state index contributed by atoms with van der Waals surface area (Å²) in [5.74, 6) is 0.877. The summed E-state index contributed by atoms with van der Waals surface area (Å²) in [5, 5.41) is 10.1. The van der Waals surface area contributed by atoms with Crippen LogP contribution in [-0.2, 0) is 4.74 Å². The Hall–Kier alpha value is -4.25. The van der Waals surface area contributed by atoms with Gasteiger partial charge < -0.3 is 25.2 Å². The highest BCUT2D eigenvalue weighted by Crippen LogP contribution is 2.26. The third-order valence-corrected chi connectivity index (χ3v) is 5.84. The Morgan fingerprint density at radius 1 is 1.11 bits per heavy atom. The Bertz CT molecular complexity index is 1290. The molecule has 0 bridgehead atoms. The van der Waals surface area contributed by atoms with Gasteiger partial charge in [0.2, 0.25) is 11.5 Å². The van der Waals surface area contributed by atoms with Crippen LogP contribution >= 0.6 is 0 Å². The van der Waals surface area contributed by atoms with Gasteiger partial charge in [-0.05, 0) is 69.3 Å². The summed E-state index contributed by atoms with van der Waals surface area (Å²) in [6, 6.07) is 13.7. The molecule has 0 spiro atoms. The molecule has 11 heteroatoms. The van der Waals surface area contributed by atoms with Gasteiger partial charge in [-0.2, -0.15) is 0 Å². The number of aromatic amines is 1. The highest BCUT2D eigenvalue weighted by Gasteiger charge is 2.36. The number of ether oxygens (including phenoxy) is 2. The maximum atomic E-state index is 13.1. The summed E-state index contributed by atoms with van der Waals surface area (Å²) in [7, 11) is 0. The molecule has 3 aromatic rings. The summed E-state index contributed by atoms with van der Waals surface area (Å²) in [5.41, 5.74) is 5.64. The average molecular weight is 525 g/mol. The number of hydrogen-bond donors (Lipinski definition) is 2. The average Bonchev–Trinajstić information content (AvgIpc) is 2.88. The molecule has 38 heavy (non-hydrogen) atoms. The molecule has 1 aromatic heterocycles. The molecule has 200 valence electrons. The number of nitrogens with two attached hydrogens (primary N) is 1. The molecule has 1 saturated heterocycles. The predicted molar refractivity (Wildman–Crippen MR) is 137 cm³/mol. The Balaban J connectivity index is 1.56. The molecule has 4 rings (SSSR count). The number of rotatable bonds is 6. The second-order valence-corrected chi connectivity index (χ2v) is 9.90. The lowest BCUT2D eigenvalue weighted by molar-refractivity contribution is -0.355. The SMILES string of the molecule is CC(C)(C)OC(=O)N1CCN(c2cc(C(N)=O)nc(-c3ccc(Oc4ccc(F)cc4)cc3)[nH+]2)C(CO)C1. The molecular formula is C27H31FN5O5+. The van der Waals surface area contributed by atoms with Crippen LogP contribution < -0.4 is 20.4 Å². The minimum Gasteiger partial charge on any atom is -0.457 e. The molecule has 0 saturated carbocycles. The number of benzene rings is 2. The van der Waals surface area contributed by atoms with Gasteiger partial charge in [0, 0.05) is 0 Å². The highest BCUT2D eigenvalue weighted by atomic mass is 19.1. The third kappa shape index (κ3) is 6.54. The number of aromatic nitrogens is 2. The predicted octanol–water partition coefficient (Wildman–Crippen LogP) is 3.01. The molecule has 4 N–H and O–H groups in total. The number of halogens is 1. The normalized spacial score (nSPS) is 15.8. The lowest BCUT2D eigenvalue weighted by Crippen LogP contribution is -2.58. The Kier molecular flexibility index (Phi) is 7.77. The highest BCUT2D eigenvalue weighted by molar-refractivity contribution is 5.91. The lowest BCUT2D eigenvalue weighted by atomic mass is 10.1. The van der Waals surface area contributed by atoms with Crippen molar-refractivity contribution in [3.05, 3.63) is 66.1 Å². The van der Waals surface area contributed by atoms with Crippen molar-refractivity contribution in [1.82, 2.24) is 9.88 Å². The smallest absolute Gasteiger partial charge is 0.410 e. The van der Waals surface area contributed by atoms with Crippen LogP contribution in [0.2, 0.25) is 0 Å². The Morgan fingerprint density at radius 2 is 1.74 bits per heavy atom. The zero-order valence-corrected chi connectivity index (χ0v) is 21.5. The van der Waals surface area contributed by atoms with Crippen molar-refractivity contribution < 1.29 is 33.5 Å². The van der Waals surface area contributed by atoms with Gasteiger partial charge in [0.15, 0.2) is 0 Å². The van der Waals surface area contributed by atoms with Crippen LogP contribution in [0.3, 0.4) is 0 Å². The van der Waals surface area contributed by atoms with E-state index in [4.69, 9.17) is 15.2 Å². The lowest BCUT2D eigenvalue weighted by Gasteiger charge is -2.38.